The fraction of sp³-hybridized carbons (Fsp3) is 0.474. The van der Waals surface area contributed by atoms with Gasteiger partial charge in [0, 0.05) is 10.8 Å². The zero-order valence-corrected chi connectivity index (χ0v) is 13.7. The summed E-state index contributed by atoms with van der Waals surface area (Å²) in [6, 6.07) is 0. The predicted octanol–water partition coefficient (Wildman–Crippen LogP) is 4.38. The van der Waals surface area contributed by atoms with Crippen LogP contribution in [0.15, 0.2) is 58.4 Å². The minimum Gasteiger partial charge on any atom is -0.507 e. The van der Waals surface area contributed by atoms with Crippen molar-refractivity contribution in [2.24, 2.45) is 16.7 Å². The Kier molecular flexibility index (Phi) is 3.18. The van der Waals surface area contributed by atoms with E-state index in [0.29, 0.717) is 11.0 Å². The molecule has 0 saturated carbocycles. The lowest BCUT2D eigenvalue weighted by Crippen LogP contribution is -2.48. The molecular weight excluding hydrogens is 294 g/mol. The van der Waals surface area contributed by atoms with Gasteiger partial charge in [-0.05, 0) is 55.5 Å². The predicted molar refractivity (Wildman–Crippen MR) is 90.7 cm³/mol. The third-order valence-electron chi connectivity index (χ3n) is 5.94. The van der Waals surface area contributed by atoms with Crippen LogP contribution in [0.4, 0.5) is 0 Å². The molecule has 22 heavy (non-hydrogen) atoms. The van der Waals surface area contributed by atoms with Crippen molar-refractivity contribution in [3.8, 4) is 0 Å². The van der Waals surface area contributed by atoms with Crippen LogP contribution in [0.2, 0.25) is 0 Å². The second-order valence-corrected chi connectivity index (χ2v) is 7.38. The fourth-order valence-electron chi connectivity index (χ4n) is 4.81. The van der Waals surface area contributed by atoms with Gasteiger partial charge in [-0.25, -0.2) is 0 Å². The zero-order valence-electron chi connectivity index (χ0n) is 12.9. The van der Waals surface area contributed by atoms with E-state index in [1.54, 1.807) is 0 Å². The quantitative estimate of drug-likeness (QED) is 0.695. The van der Waals surface area contributed by atoms with Gasteiger partial charge in [-0.2, -0.15) is 0 Å². The number of fused-ring (bicyclic) bond motifs is 1. The van der Waals surface area contributed by atoms with E-state index in [4.69, 9.17) is 11.6 Å². The molecule has 3 atom stereocenters. The van der Waals surface area contributed by atoms with Crippen LogP contribution >= 0.6 is 11.6 Å². The van der Waals surface area contributed by atoms with Gasteiger partial charge in [-0.3, -0.25) is 0 Å². The number of hydrogen-bond donors (Lipinski definition) is 2. The molecule has 0 radical (unpaired) electrons. The summed E-state index contributed by atoms with van der Waals surface area (Å²) in [6.45, 7) is 4.21. The summed E-state index contributed by atoms with van der Waals surface area (Å²) >= 11 is 6.35. The SMILES string of the molecule is CC1CNCC[C@@]23C=C(O)C(Cl)=C[C@]12C=CC1=CCCC=C13. The van der Waals surface area contributed by atoms with E-state index in [2.05, 4.69) is 42.6 Å². The Bertz CT molecular complexity index is 669. The average molecular weight is 316 g/mol. The third kappa shape index (κ3) is 1.71. The van der Waals surface area contributed by atoms with Crippen molar-refractivity contribution in [1.29, 1.82) is 0 Å². The number of nitrogens with one attached hydrogen (secondary N) is 1. The molecule has 2 nitrogen and oxygen atoms in total. The third-order valence-corrected chi connectivity index (χ3v) is 6.24. The topological polar surface area (TPSA) is 32.3 Å². The summed E-state index contributed by atoms with van der Waals surface area (Å²) in [7, 11) is 0. The highest BCUT2D eigenvalue weighted by Crippen LogP contribution is 2.63. The number of rotatable bonds is 0. The Labute approximate surface area is 136 Å². The van der Waals surface area contributed by atoms with E-state index >= 15 is 0 Å². The molecular formula is C19H22ClNO. The Balaban J connectivity index is 2.03. The molecule has 0 aromatic rings. The second-order valence-electron chi connectivity index (χ2n) is 6.97. The molecule has 1 saturated heterocycles. The molecule has 0 amide bonds. The normalized spacial score (nSPS) is 40.2. The lowest BCUT2D eigenvalue weighted by atomic mass is 9.48. The van der Waals surface area contributed by atoms with E-state index in [1.807, 2.05) is 6.08 Å². The van der Waals surface area contributed by atoms with Gasteiger partial charge in [-0.1, -0.05) is 48.9 Å². The summed E-state index contributed by atoms with van der Waals surface area (Å²) < 4.78 is 0. The van der Waals surface area contributed by atoms with Crippen LogP contribution in [-0.4, -0.2) is 18.2 Å². The first-order chi connectivity index (χ1) is 10.6. The van der Waals surface area contributed by atoms with Gasteiger partial charge in [0.1, 0.15) is 5.76 Å². The van der Waals surface area contributed by atoms with Crippen molar-refractivity contribution in [1.82, 2.24) is 5.32 Å². The largest absolute Gasteiger partial charge is 0.507 e. The van der Waals surface area contributed by atoms with Crippen LogP contribution in [-0.2, 0) is 0 Å². The van der Waals surface area contributed by atoms with Crippen molar-refractivity contribution in [3.05, 3.63) is 58.4 Å². The van der Waals surface area contributed by atoms with E-state index < -0.39 is 0 Å². The number of hydrogen-bond acceptors (Lipinski definition) is 2. The highest BCUT2D eigenvalue weighted by Gasteiger charge is 2.57. The number of allylic oxidation sites excluding steroid dienone is 9. The van der Waals surface area contributed by atoms with E-state index in [0.717, 1.165) is 32.4 Å². The molecule has 1 fully saturated rings. The molecule has 0 aromatic carbocycles. The molecule has 1 unspecified atom stereocenters. The highest BCUT2D eigenvalue weighted by atomic mass is 35.5. The van der Waals surface area contributed by atoms with Gasteiger partial charge >= 0.3 is 0 Å². The van der Waals surface area contributed by atoms with Crippen molar-refractivity contribution in [2.75, 3.05) is 13.1 Å². The summed E-state index contributed by atoms with van der Waals surface area (Å²) in [5.41, 5.74) is 2.37. The molecule has 4 aliphatic rings. The van der Waals surface area contributed by atoms with Crippen molar-refractivity contribution in [3.63, 3.8) is 0 Å². The Morgan fingerprint density at radius 2 is 2.09 bits per heavy atom. The van der Waals surface area contributed by atoms with Crippen molar-refractivity contribution < 1.29 is 5.11 Å². The van der Waals surface area contributed by atoms with Crippen LogP contribution in [0.3, 0.4) is 0 Å². The maximum absolute atomic E-state index is 10.4. The molecule has 1 heterocycles. The molecule has 116 valence electrons. The standard InChI is InChI=1S/C19H22ClNO/c1-13-12-21-9-8-19-11-17(22)16(20)10-18(13,19)7-6-14-4-2-3-5-15(14)19/h4-7,10-11,13,21-22H,2-3,8-9,12H2,1H3/t13?,18-,19+/m1/s1. The maximum atomic E-state index is 10.4. The summed E-state index contributed by atoms with van der Waals surface area (Å²) in [5.74, 6) is 0.640. The lowest BCUT2D eigenvalue weighted by Gasteiger charge is -2.54. The fourth-order valence-corrected chi connectivity index (χ4v) is 5.04. The van der Waals surface area contributed by atoms with Gasteiger partial charge in [0.05, 0.1) is 5.03 Å². The smallest absolute Gasteiger partial charge is 0.130 e. The van der Waals surface area contributed by atoms with Gasteiger partial charge in [0.2, 0.25) is 0 Å². The molecule has 0 spiro atoms. The summed E-state index contributed by atoms with van der Waals surface area (Å²) in [4.78, 5) is 0. The first kappa shape index (κ1) is 14.3. The highest BCUT2D eigenvalue weighted by molar-refractivity contribution is 6.31. The Morgan fingerprint density at radius 3 is 2.95 bits per heavy atom. The van der Waals surface area contributed by atoms with Crippen LogP contribution < -0.4 is 5.32 Å². The van der Waals surface area contributed by atoms with E-state index in [9.17, 15) is 5.11 Å². The minimum absolute atomic E-state index is 0.152. The summed E-state index contributed by atoms with van der Waals surface area (Å²) in [6.07, 6.45) is 16.6. The van der Waals surface area contributed by atoms with Gasteiger partial charge in [-0.15, -0.1) is 0 Å². The van der Waals surface area contributed by atoms with E-state index in [-0.39, 0.29) is 16.6 Å². The van der Waals surface area contributed by atoms with Crippen LogP contribution in [0.1, 0.15) is 26.2 Å². The Hall–Kier alpha value is -1.25. The molecule has 0 bridgehead atoms. The van der Waals surface area contributed by atoms with Crippen molar-refractivity contribution in [2.45, 2.75) is 26.2 Å². The zero-order chi connectivity index (χ0) is 15.4. The maximum Gasteiger partial charge on any atom is 0.130 e. The van der Waals surface area contributed by atoms with Crippen LogP contribution in [0, 0.1) is 16.7 Å². The van der Waals surface area contributed by atoms with Gasteiger partial charge < -0.3 is 10.4 Å². The second kappa shape index (κ2) is 4.87. The number of aliphatic hydroxyl groups is 1. The minimum atomic E-state index is -0.181. The first-order valence-electron chi connectivity index (χ1n) is 8.21. The molecule has 0 aromatic heterocycles. The molecule has 4 rings (SSSR count). The lowest BCUT2D eigenvalue weighted by molar-refractivity contribution is 0.158. The van der Waals surface area contributed by atoms with Crippen LogP contribution in [0.25, 0.3) is 0 Å². The number of aliphatic hydroxyl groups excluding tert-OH is 1. The van der Waals surface area contributed by atoms with E-state index in [1.165, 1.54) is 11.1 Å². The van der Waals surface area contributed by atoms with Crippen LogP contribution in [0.5, 0.6) is 0 Å². The summed E-state index contributed by atoms with van der Waals surface area (Å²) in [5, 5.41) is 14.4. The van der Waals surface area contributed by atoms with Crippen molar-refractivity contribution >= 4 is 11.6 Å². The molecule has 3 heteroatoms. The Morgan fingerprint density at radius 1 is 1.27 bits per heavy atom. The monoisotopic (exact) mass is 315 g/mol. The molecule has 1 aliphatic heterocycles. The molecule has 3 aliphatic carbocycles. The average Bonchev–Trinajstić information content (AvgIpc) is 2.66. The van der Waals surface area contributed by atoms with Gasteiger partial charge in [0.15, 0.2) is 0 Å². The first-order valence-corrected chi connectivity index (χ1v) is 8.58. The molecule has 2 N–H and O–H groups in total. The number of halogens is 1. The van der Waals surface area contributed by atoms with Gasteiger partial charge in [0.25, 0.3) is 0 Å².